The SMILES string of the molecule is CCc1cnc2c(c1)c(C(N)=O)c(-c1ccc(S(=O)(=O)NC3(C(F)(F)F)CC3)cn1)n2C1CCC1. The summed E-state index contributed by atoms with van der Waals surface area (Å²) in [6.45, 7) is 1.97. The number of nitrogens with zero attached hydrogens (tertiary/aromatic N) is 3. The molecule has 0 radical (unpaired) electrons. The van der Waals surface area contributed by atoms with E-state index in [-0.39, 0.29) is 30.1 Å². The number of fused-ring (bicyclic) bond motifs is 1. The van der Waals surface area contributed by atoms with Crippen molar-refractivity contribution in [2.24, 2.45) is 5.73 Å². The van der Waals surface area contributed by atoms with Crippen molar-refractivity contribution in [3.8, 4) is 11.4 Å². The van der Waals surface area contributed by atoms with Gasteiger partial charge in [-0.15, -0.1) is 0 Å². The summed E-state index contributed by atoms with van der Waals surface area (Å²) in [5.41, 5.74) is 5.84. The highest BCUT2D eigenvalue weighted by atomic mass is 32.2. The second-order valence-electron chi connectivity index (χ2n) is 9.18. The van der Waals surface area contributed by atoms with E-state index in [1.807, 2.05) is 17.6 Å². The van der Waals surface area contributed by atoms with E-state index in [0.29, 0.717) is 23.1 Å². The minimum Gasteiger partial charge on any atom is -0.366 e. The third-order valence-corrected chi connectivity index (χ3v) is 8.43. The van der Waals surface area contributed by atoms with Crippen LogP contribution in [0.2, 0.25) is 0 Å². The molecule has 35 heavy (non-hydrogen) atoms. The molecule has 1 amide bonds. The molecule has 2 fully saturated rings. The average molecular weight is 508 g/mol. The number of pyridine rings is 2. The predicted molar refractivity (Wildman–Crippen MR) is 122 cm³/mol. The molecular weight excluding hydrogens is 483 g/mol. The molecule has 5 rings (SSSR count). The fourth-order valence-corrected chi connectivity index (χ4v) is 5.88. The van der Waals surface area contributed by atoms with Crippen molar-refractivity contribution in [1.29, 1.82) is 0 Å². The quantitative estimate of drug-likeness (QED) is 0.503. The van der Waals surface area contributed by atoms with E-state index in [2.05, 4.69) is 9.97 Å². The Kier molecular flexibility index (Phi) is 5.44. The lowest BCUT2D eigenvalue weighted by atomic mass is 9.92. The summed E-state index contributed by atoms with van der Waals surface area (Å²) in [6, 6.07) is 4.53. The molecule has 0 aliphatic heterocycles. The molecule has 2 aliphatic carbocycles. The van der Waals surface area contributed by atoms with Crippen LogP contribution in [0.1, 0.15) is 61.0 Å². The summed E-state index contributed by atoms with van der Waals surface area (Å²) < 4.78 is 68.8. The van der Waals surface area contributed by atoms with E-state index in [0.717, 1.165) is 31.0 Å². The van der Waals surface area contributed by atoms with Crippen molar-refractivity contribution in [1.82, 2.24) is 19.3 Å². The Morgan fingerprint density at radius 2 is 1.94 bits per heavy atom. The number of hydrogen-bond acceptors (Lipinski definition) is 5. The third kappa shape index (κ3) is 3.88. The summed E-state index contributed by atoms with van der Waals surface area (Å²) in [5.74, 6) is -0.667. The number of nitrogens with two attached hydrogens (primary N) is 1. The molecule has 0 aromatic carbocycles. The highest BCUT2D eigenvalue weighted by Crippen LogP contribution is 2.49. The van der Waals surface area contributed by atoms with Crippen LogP contribution in [0.25, 0.3) is 22.4 Å². The van der Waals surface area contributed by atoms with Gasteiger partial charge in [0.1, 0.15) is 16.1 Å². The van der Waals surface area contributed by atoms with Gasteiger partial charge in [0.25, 0.3) is 5.91 Å². The van der Waals surface area contributed by atoms with Crippen molar-refractivity contribution in [2.45, 2.75) is 68.1 Å². The zero-order valence-corrected chi connectivity index (χ0v) is 19.7. The monoisotopic (exact) mass is 507 g/mol. The Balaban J connectivity index is 1.60. The lowest BCUT2D eigenvalue weighted by Gasteiger charge is -2.29. The second-order valence-corrected chi connectivity index (χ2v) is 10.9. The number of primary amides is 1. The number of aromatic nitrogens is 3. The smallest absolute Gasteiger partial charge is 0.366 e. The first-order valence-corrected chi connectivity index (χ1v) is 12.9. The fourth-order valence-electron chi connectivity index (χ4n) is 4.49. The van der Waals surface area contributed by atoms with Crippen LogP contribution in [0.3, 0.4) is 0 Å². The molecule has 2 aliphatic rings. The van der Waals surface area contributed by atoms with Gasteiger partial charge in [0.2, 0.25) is 10.0 Å². The number of halogens is 3. The second kappa shape index (κ2) is 8.02. The van der Waals surface area contributed by atoms with Crippen LogP contribution in [0.4, 0.5) is 13.2 Å². The van der Waals surface area contributed by atoms with Gasteiger partial charge in [0, 0.05) is 23.8 Å². The largest absolute Gasteiger partial charge is 0.407 e. The maximum absolute atomic E-state index is 13.3. The molecule has 186 valence electrons. The van der Waals surface area contributed by atoms with E-state index in [1.54, 1.807) is 10.9 Å². The Bertz CT molecular complexity index is 1420. The van der Waals surface area contributed by atoms with E-state index in [9.17, 15) is 26.4 Å². The average Bonchev–Trinajstić information content (AvgIpc) is 3.47. The number of nitrogens with one attached hydrogen (secondary N) is 1. The zero-order chi connectivity index (χ0) is 25.2. The van der Waals surface area contributed by atoms with Gasteiger partial charge < -0.3 is 10.3 Å². The molecule has 12 heteroatoms. The van der Waals surface area contributed by atoms with Crippen LogP contribution in [0, 0.1) is 0 Å². The van der Waals surface area contributed by atoms with Crippen molar-refractivity contribution < 1.29 is 26.4 Å². The maximum Gasteiger partial charge on any atom is 0.407 e. The number of carbonyl (C=O) groups is 1. The van der Waals surface area contributed by atoms with Crippen molar-refractivity contribution >= 4 is 27.0 Å². The Hall–Kier alpha value is -2.99. The number of amides is 1. The maximum atomic E-state index is 13.3. The topological polar surface area (TPSA) is 120 Å². The molecule has 8 nitrogen and oxygen atoms in total. The minimum atomic E-state index is -4.68. The molecule has 3 aromatic rings. The minimum absolute atomic E-state index is 0.0777. The first-order valence-electron chi connectivity index (χ1n) is 11.4. The summed E-state index contributed by atoms with van der Waals surface area (Å²) >= 11 is 0. The molecule has 0 atom stereocenters. The standard InChI is InChI=1S/C23H24F3N5O3S/c1-2-13-10-16-18(20(27)32)19(31(14-4-3-5-14)21(16)29-11-13)17-7-6-15(12-28-17)35(33,34)30-22(8-9-22)23(24,25)26/h6-7,10-12,14,30H,2-5,8-9H2,1H3,(H2,27,32). The van der Waals surface area contributed by atoms with E-state index in [4.69, 9.17) is 5.73 Å². The zero-order valence-electron chi connectivity index (χ0n) is 18.9. The van der Waals surface area contributed by atoms with Crippen LogP contribution in [0.15, 0.2) is 35.5 Å². The summed E-state index contributed by atoms with van der Waals surface area (Å²) in [6.07, 6.45) is 0.928. The molecule has 2 saturated carbocycles. The number of rotatable bonds is 7. The fraction of sp³-hybridized carbons (Fsp3) is 0.435. The predicted octanol–water partition coefficient (Wildman–Crippen LogP) is 3.86. The summed E-state index contributed by atoms with van der Waals surface area (Å²) in [5, 5.41) is 0.597. The number of alkyl halides is 3. The molecular formula is C23H24F3N5O3S. The lowest BCUT2D eigenvalue weighted by molar-refractivity contribution is -0.160. The number of hydrogen-bond donors (Lipinski definition) is 2. The Morgan fingerprint density at radius 3 is 2.43 bits per heavy atom. The number of aryl methyl sites for hydroxylation is 1. The number of carbonyl (C=O) groups excluding carboxylic acids is 1. The van der Waals surface area contributed by atoms with Crippen LogP contribution in [-0.2, 0) is 16.4 Å². The Labute approximate surface area is 199 Å². The molecule has 3 heterocycles. The first-order chi connectivity index (χ1) is 16.5. The highest BCUT2D eigenvalue weighted by molar-refractivity contribution is 7.89. The van der Waals surface area contributed by atoms with Gasteiger partial charge in [-0.25, -0.2) is 13.4 Å². The summed E-state index contributed by atoms with van der Waals surface area (Å²) in [7, 11) is -4.46. The lowest BCUT2D eigenvalue weighted by Crippen LogP contribution is -2.47. The molecule has 3 aromatic heterocycles. The van der Waals surface area contributed by atoms with Crippen LogP contribution in [0.5, 0.6) is 0 Å². The van der Waals surface area contributed by atoms with Crippen LogP contribution < -0.4 is 10.5 Å². The molecule has 0 bridgehead atoms. The van der Waals surface area contributed by atoms with E-state index in [1.165, 1.54) is 12.1 Å². The Morgan fingerprint density at radius 1 is 1.23 bits per heavy atom. The summed E-state index contributed by atoms with van der Waals surface area (Å²) in [4.78, 5) is 21.0. The van der Waals surface area contributed by atoms with Gasteiger partial charge in [0.05, 0.1) is 17.0 Å². The first kappa shape index (κ1) is 23.7. The van der Waals surface area contributed by atoms with Crippen LogP contribution in [-0.4, -0.2) is 40.6 Å². The van der Waals surface area contributed by atoms with Gasteiger partial charge in [-0.2, -0.15) is 17.9 Å². The highest BCUT2D eigenvalue weighted by Gasteiger charge is 2.65. The van der Waals surface area contributed by atoms with Crippen molar-refractivity contribution in [2.75, 3.05) is 0 Å². The van der Waals surface area contributed by atoms with Gasteiger partial charge >= 0.3 is 6.18 Å². The van der Waals surface area contributed by atoms with E-state index >= 15 is 0 Å². The molecule has 0 unspecified atom stereocenters. The van der Waals surface area contributed by atoms with Gasteiger partial charge in [0.15, 0.2) is 0 Å². The molecule has 3 N–H and O–H groups in total. The van der Waals surface area contributed by atoms with Gasteiger partial charge in [-0.1, -0.05) is 6.92 Å². The molecule has 0 saturated heterocycles. The van der Waals surface area contributed by atoms with E-state index < -0.39 is 32.5 Å². The van der Waals surface area contributed by atoms with Gasteiger partial charge in [-0.05, 0) is 62.3 Å². The molecule has 0 spiro atoms. The van der Waals surface area contributed by atoms with Crippen molar-refractivity contribution in [3.05, 3.63) is 41.7 Å². The van der Waals surface area contributed by atoms with Crippen molar-refractivity contribution in [3.63, 3.8) is 0 Å². The number of sulfonamides is 1. The normalized spacial score (nSPS) is 17.9. The van der Waals surface area contributed by atoms with Gasteiger partial charge in [-0.3, -0.25) is 9.78 Å². The van der Waals surface area contributed by atoms with Crippen LogP contribution >= 0.6 is 0 Å². The third-order valence-electron chi connectivity index (χ3n) is 6.90.